The number of carboxylic acids is 1. The van der Waals surface area contributed by atoms with E-state index in [-0.39, 0.29) is 12.6 Å². The van der Waals surface area contributed by atoms with Gasteiger partial charge in [-0.3, -0.25) is 0 Å². The van der Waals surface area contributed by atoms with Crippen molar-refractivity contribution in [2.45, 2.75) is 49.5 Å². The Morgan fingerprint density at radius 3 is 2.37 bits per heavy atom. The number of carboxylic acid groups (broad SMARTS) is 1. The number of carbonyl (C=O) groups is 2. The lowest BCUT2D eigenvalue weighted by atomic mass is 9.95. The number of urea groups is 1. The second kappa shape index (κ2) is 7.00. The number of hydrogen-bond donors (Lipinski definition) is 4. The number of nitrogens with one attached hydrogen (secondary N) is 2. The first-order chi connectivity index (χ1) is 8.85. The lowest BCUT2D eigenvalue weighted by Crippen LogP contribution is -2.51. The van der Waals surface area contributed by atoms with Gasteiger partial charge in [-0.15, -0.1) is 0 Å². The van der Waals surface area contributed by atoms with E-state index < -0.39 is 17.6 Å². The highest BCUT2D eigenvalue weighted by atomic mass is 32.2. The fourth-order valence-electron chi connectivity index (χ4n) is 2.01. The predicted molar refractivity (Wildman–Crippen MR) is 74.4 cm³/mol. The molecule has 0 saturated heterocycles. The van der Waals surface area contributed by atoms with E-state index in [1.54, 1.807) is 0 Å². The lowest BCUT2D eigenvalue weighted by Gasteiger charge is -2.28. The molecule has 0 aromatic rings. The maximum absolute atomic E-state index is 11.6. The van der Waals surface area contributed by atoms with Crippen molar-refractivity contribution in [1.29, 1.82) is 0 Å². The Hall–Kier alpha value is -0.950. The minimum atomic E-state index is -1.94. The first kappa shape index (κ1) is 16.1. The van der Waals surface area contributed by atoms with E-state index >= 15 is 0 Å². The van der Waals surface area contributed by atoms with Crippen LogP contribution in [0.4, 0.5) is 4.79 Å². The molecular formula is C12H22N2O4S. The van der Waals surface area contributed by atoms with Crippen LogP contribution >= 0.6 is 11.8 Å². The molecule has 0 aromatic carbocycles. The van der Waals surface area contributed by atoms with Crippen molar-refractivity contribution >= 4 is 23.8 Å². The van der Waals surface area contributed by atoms with Crippen molar-refractivity contribution in [2.75, 3.05) is 12.8 Å². The molecule has 7 heteroatoms. The molecule has 1 aliphatic carbocycles. The first-order valence-corrected chi connectivity index (χ1v) is 7.67. The monoisotopic (exact) mass is 290 g/mol. The molecule has 1 atom stereocenters. The number of aliphatic hydroxyl groups is 1. The van der Waals surface area contributed by atoms with Crippen LogP contribution in [-0.4, -0.2) is 51.9 Å². The molecule has 1 aliphatic rings. The number of hydrogen-bond acceptors (Lipinski definition) is 4. The molecule has 0 bridgehead atoms. The van der Waals surface area contributed by atoms with Gasteiger partial charge in [-0.05, 0) is 38.9 Å². The summed E-state index contributed by atoms with van der Waals surface area (Å²) in [4.78, 5) is 22.3. The van der Waals surface area contributed by atoms with Crippen LogP contribution in [0, 0.1) is 0 Å². The largest absolute Gasteiger partial charge is 0.479 e. The average molecular weight is 290 g/mol. The Morgan fingerprint density at radius 2 is 1.89 bits per heavy atom. The van der Waals surface area contributed by atoms with E-state index in [2.05, 4.69) is 16.9 Å². The van der Waals surface area contributed by atoms with E-state index in [0.717, 1.165) is 32.6 Å². The van der Waals surface area contributed by atoms with Gasteiger partial charge in [-0.2, -0.15) is 11.8 Å². The van der Waals surface area contributed by atoms with Gasteiger partial charge in [-0.1, -0.05) is 0 Å². The van der Waals surface area contributed by atoms with Gasteiger partial charge >= 0.3 is 12.0 Å². The van der Waals surface area contributed by atoms with E-state index in [1.165, 1.54) is 0 Å². The molecule has 1 saturated carbocycles. The summed E-state index contributed by atoms with van der Waals surface area (Å²) < 4.78 is 0. The predicted octanol–water partition coefficient (Wildman–Crippen LogP) is 0.795. The zero-order valence-electron chi connectivity index (χ0n) is 11.3. The van der Waals surface area contributed by atoms with Gasteiger partial charge < -0.3 is 20.8 Å². The summed E-state index contributed by atoms with van der Waals surface area (Å²) in [6, 6.07) is -0.285. The van der Waals surface area contributed by atoms with Gasteiger partial charge in [0.1, 0.15) is 0 Å². The van der Waals surface area contributed by atoms with E-state index in [9.17, 15) is 14.7 Å². The summed E-state index contributed by atoms with van der Waals surface area (Å²) in [6.07, 6.45) is 6.14. The van der Waals surface area contributed by atoms with Gasteiger partial charge in [0, 0.05) is 11.3 Å². The van der Waals surface area contributed by atoms with E-state index in [4.69, 9.17) is 5.11 Å². The Bertz CT molecular complexity index is 328. The molecule has 0 aliphatic heterocycles. The van der Waals surface area contributed by atoms with Crippen molar-refractivity contribution in [3.8, 4) is 0 Å². The Labute approximate surface area is 117 Å². The highest BCUT2D eigenvalue weighted by Gasteiger charge is 2.30. The molecule has 0 spiro atoms. The summed E-state index contributed by atoms with van der Waals surface area (Å²) in [6.45, 7) is 0.841. The van der Waals surface area contributed by atoms with E-state index in [1.807, 2.05) is 11.8 Å². The third-order valence-corrected chi connectivity index (χ3v) is 4.53. The zero-order valence-corrected chi connectivity index (χ0v) is 12.1. The average Bonchev–Trinajstić information content (AvgIpc) is 2.37. The van der Waals surface area contributed by atoms with Crippen LogP contribution in [-0.2, 0) is 4.79 Å². The van der Waals surface area contributed by atoms with Crippen molar-refractivity contribution in [1.82, 2.24) is 10.6 Å². The smallest absolute Gasteiger partial charge is 0.337 e. The molecule has 2 amide bonds. The molecule has 110 valence electrons. The molecule has 1 unspecified atom stereocenters. The van der Waals surface area contributed by atoms with Crippen LogP contribution in [0.1, 0.15) is 32.6 Å². The number of aliphatic carboxylic acids is 1. The van der Waals surface area contributed by atoms with Crippen LogP contribution in [0.3, 0.4) is 0 Å². The van der Waals surface area contributed by atoms with Crippen LogP contribution in [0.2, 0.25) is 0 Å². The Morgan fingerprint density at radius 1 is 1.32 bits per heavy atom. The summed E-state index contributed by atoms with van der Waals surface area (Å²) in [5.41, 5.74) is -1.94. The lowest BCUT2D eigenvalue weighted by molar-refractivity contribution is -0.155. The summed E-state index contributed by atoms with van der Waals surface area (Å²) in [5.74, 6) is -1.35. The molecule has 1 fully saturated rings. The van der Waals surface area contributed by atoms with Gasteiger partial charge in [-0.25, -0.2) is 9.59 Å². The fourth-order valence-corrected chi connectivity index (χ4v) is 2.75. The number of carbonyl (C=O) groups excluding carboxylic acids is 1. The molecule has 0 aromatic heterocycles. The fraction of sp³-hybridized carbons (Fsp3) is 0.833. The number of rotatable bonds is 5. The van der Waals surface area contributed by atoms with Crippen LogP contribution in [0.15, 0.2) is 0 Å². The Kier molecular flexibility index (Phi) is 5.93. The second-order valence-electron chi connectivity index (χ2n) is 5.12. The van der Waals surface area contributed by atoms with Crippen LogP contribution in [0.25, 0.3) is 0 Å². The zero-order chi connectivity index (χ0) is 14.5. The van der Waals surface area contributed by atoms with Crippen molar-refractivity contribution < 1.29 is 19.8 Å². The molecular weight excluding hydrogens is 268 g/mol. The van der Waals surface area contributed by atoms with E-state index in [0.29, 0.717) is 5.25 Å². The van der Waals surface area contributed by atoms with Gasteiger partial charge in [0.25, 0.3) is 0 Å². The molecule has 4 N–H and O–H groups in total. The second-order valence-corrected chi connectivity index (χ2v) is 6.25. The molecule has 0 heterocycles. The first-order valence-electron chi connectivity index (χ1n) is 6.38. The SMILES string of the molecule is CSC1CCC(NC(=O)NCC(C)(O)C(=O)O)CC1. The number of amides is 2. The quantitative estimate of drug-likeness (QED) is 0.600. The third kappa shape index (κ3) is 5.28. The molecule has 19 heavy (non-hydrogen) atoms. The highest BCUT2D eigenvalue weighted by molar-refractivity contribution is 7.99. The van der Waals surface area contributed by atoms with Crippen molar-refractivity contribution in [2.24, 2.45) is 0 Å². The molecule has 1 rings (SSSR count). The number of thioether (sulfide) groups is 1. The standard InChI is InChI=1S/C12H22N2O4S/c1-12(18,10(15)16)7-13-11(17)14-8-3-5-9(19-2)6-4-8/h8-9,18H,3-7H2,1-2H3,(H,15,16)(H2,13,14,17). The minimum Gasteiger partial charge on any atom is -0.479 e. The Balaban J connectivity index is 2.27. The summed E-state index contributed by atoms with van der Waals surface area (Å²) in [5, 5.41) is 24.1. The van der Waals surface area contributed by atoms with Crippen LogP contribution in [0.5, 0.6) is 0 Å². The summed E-state index contributed by atoms with van der Waals surface area (Å²) in [7, 11) is 0. The molecule has 0 radical (unpaired) electrons. The van der Waals surface area contributed by atoms with Crippen molar-refractivity contribution in [3.05, 3.63) is 0 Å². The van der Waals surface area contributed by atoms with Gasteiger partial charge in [0.05, 0.1) is 6.54 Å². The topological polar surface area (TPSA) is 98.7 Å². The van der Waals surface area contributed by atoms with Gasteiger partial charge in [0.2, 0.25) is 0 Å². The third-order valence-electron chi connectivity index (χ3n) is 3.40. The summed E-state index contributed by atoms with van der Waals surface area (Å²) >= 11 is 1.86. The van der Waals surface area contributed by atoms with Crippen LogP contribution < -0.4 is 10.6 Å². The minimum absolute atomic E-state index is 0.137. The maximum atomic E-state index is 11.6. The van der Waals surface area contributed by atoms with Crippen molar-refractivity contribution in [3.63, 3.8) is 0 Å². The van der Waals surface area contributed by atoms with Gasteiger partial charge in [0.15, 0.2) is 5.60 Å². The molecule has 6 nitrogen and oxygen atoms in total. The normalized spacial score (nSPS) is 26.3. The maximum Gasteiger partial charge on any atom is 0.337 e. The highest BCUT2D eigenvalue weighted by Crippen LogP contribution is 2.26.